The van der Waals surface area contributed by atoms with Gasteiger partial charge in [-0.05, 0) is 36.4 Å². The molecule has 2 rings (SSSR count). The van der Waals surface area contributed by atoms with Gasteiger partial charge >= 0.3 is 6.18 Å². The van der Waals surface area contributed by atoms with Crippen LogP contribution in [0.25, 0.3) is 0 Å². The van der Waals surface area contributed by atoms with Gasteiger partial charge < -0.3 is 9.47 Å². The van der Waals surface area contributed by atoms with E-state index >= 15 is 0 Å². The van der Waals surface area contributed by atoms with Crippen molar-refractivity contribution in [2.45, 2.75) is 6.18 Å². The maximum absolute atomic E-state index is 12.5. The van der Waals surface area contributed by atoms with Crippen LogP contribution in [0.15, 0.2) is 42.5 Å². The Morgan fingerprint density at radius 2 is 1.62 bits per heavy atom. The molecule has 0 saturated carbocycles. The van der Waals surface area contributed by atoms with Gasteiger partial charge in [0.2, 0.25) is 0 Å². The van der Waals surface area contributed by atoms with Crippen molar-refractivity contribution in [2.75, 3.05) is 7.11 Å². The Bertz CT molecular complexity index is 673. The van der Waals surface area contributed by atoms with Crippen molar-refractivity contribution in [1.29, 1.82) is 5.26 Å². The molecule has 0 amide bonds. The highest BCUT2D eigenvalue weighted by molar-refractivity contribution is 5.49. The first kappa shape index (κ1) is 14.7. The summed E-state index contributed by atoms with van der Waals surface area (Å²) in [5.41, 5.74) is -0.503. The summed E-state index contributed by atoms with van der Waals surface area (Å²) >= 11 is 0. The summed E-state index contributed by atoms with van der Waals surface area (Å²) < 4.78 is 47.8. The quantitative estimate of drug-likeness (QED) is 0.843. The SMILES string of the molecule is COc1ccc(C#N)c(Oc2ccc(C(F)(F)F)cc2)c1. The van der Waals surface area contributed by atoms with E-state index in [1.165, 1.54) is 31.4 Å². The summed E-state index contributed by atoms with van der Waals surface area (Å²) in [5, 5.41) is 8.99. The Kier molecular flexibility index (Phi) is 4.03. The van der Waals surface area contributed by atoms with Crippen LogP contribution in [0.4, 0.5) is 13.2 Å². The molecule has 0 spiro atoms. The van der Waals surface area contributed by atoms with Gasteiger partial charge in [-0.25, -0.2) is 0 Å². The number of hydrogen-bond donors (Lipinski definition) is 0. The monoisotopic (exact) mass is 293 g/mol. The minimum absolute atomic E-state index is 0.202. The van der Waals surface area contributed by atoms with E-state index in [4.69, 9.17) is 14.7 Å². The fraction of sp³-hybridized carbons (Fsp3) is 0.133. The lowest BCUT2D eigenvalue weighted by molar-refractivity contribution is -0.137. The number of nitrogens with zero attached hydrogens (tertiary/aromatic N) is 1. The van der Waals surface area contributed by atoms with Crippen molar-refractivity contribution >= 4 is 0 Å². The lowest BCUT2D eigenvalue weighted by atomic mass is 10.2. The number of rotatable bonds is 3. The molecule has 3 nitrogen and oxygen atoms in total. The number of ether oxygens (including phenoxy) is 2. The fourth-order valence-electron chi connectivity index (χ4n) is 1.65. The molecule has 0 aliphatic rings. The third-order valence-electron chi connectivity index (χ3n) is 2.72. The second-order valence-corrected chi connectivity index (χ2v) is 4.10. The van der Waals surface area contributed by atoms with E-state index in [-0.39, 0.29) is 17.1 Å². The van der Waals surface area contributed by atoms with E-state index in [2.05, 4.69) is 0 Å². The molecule has 6 heteroatoms. The summed E-state index contributed by atoms with van der Waals surface area (Å²) in [6, 6.07) is 10.8. The van der Waals surface area contributed by atoms with E-state index in [1.54, 1.807) is 6.07 Å². The van der Waals surface area contributed by atoms with Crippen LogP contribution in [0.3, 0.4) is 0 Å². The molecule has 0 heterocycles. The Balaban J connectivity index is 2.28. The normalized spacial score (nSPS) is 10.8. The maximum Gasteiger partial charge on any atom is 0.416 e. The summed E-state index contributed by atoms with van der Waals surface area (Å²) in [4.78, 5) is 0. The van der Waals surface area contributed by atoms with Gasteiger partial charge in [-0.1, -0.05) is 0 Å². The maximum atomic E-state index is 12.5. The second-order valence-electron chi connectivity index (χ2n) is 4.10. The predicted molar refractivity (Wildman–Crippen MR) is 69.2 cm³/mol. The summed E-state index contributed by atoms with van der Waals surface area (Å²) in [6.45, 7) is 0. The van der Waals surface area contributed by atoms with Crippen LogP contribution in [0.2, 0.25) is 0 Å². The van der Waals surface area contributed by atoms with Gasteiger partial charge in [-0.2, -0.15) is 18.4 Å². The third-order valence-corrected chi connectivity index (χ3v) is 2.72. The topological polar surface area (TPSA) is 42.2 Å². The van der Waals surface area contributed by atoms with Crippen LogP contribution in [-0.4, -0.2) is 7.11 Å². The molecule has 0 bridgehead atoms. The van der Waals surface area contributed by atoms with Crippen LogP contribution in [0, 0.1) is 11.3 Å². The van der Waals surface area contributed by atoms with Gasteiger partial charge in [-0.3, -0.25) is 0 Å². The molecule has 2 aromatic carbocycles. The first-order chi connectivity index (χ1) is 9.94. The summed E-state index contributed by atoms with van der Waals surface area (Å²) in [7, 11) is 1.46. The van der Waals surface area contributed by atoms with Crippen LogP contribution >= 0.6 is 0 Å². The lowest BCUT2D eigenvalue weighted by Gasteiger charge is -2.10. The molecule has 0 aliphatic heterocycles. The summed E-state index contributed by atoms with van der Waals surface area (Å²) in [5.74, 6) is 0.903. The van der Waals surface area contributed by atoms with E-state index in [1.807, 2.05) is 6.07 Å². The minimum atomic E-state index is -4.40. The molecule has 0 unspecified atom stereocenters. The summed E-state index contributed by atoms with van der Waals surface area (Å²) in [6.07, 6.45) is -4.40. The Labute approximate surface area is 119 Å². The second kappa shape index (κ2) is 5.75. The highest BCUT2D eigenvalue weighted by Crippen LogP contribution is 2.33. The van der Waals surface area contributed by atoms with Crippen molar-refractivity contribution in [3.05, 3.63) is 53.6 Å². The molecule has 108 valence electrons. The molecule has 0 fully saturated rings. The molecule has 0 radical (unpaired) electrons. The van der Waals surface area contributed by atoms with E-state index in [0.717, 1.165) is 12.1 Å². The molecule has 2 aromatic rings. The van der Waals surface area contributed by atoms with Crippen LogP contribution in [-0.2, 0) is 6.18 Å². The number of hydrogen-bond acceptors (Lipinski definition) is 3. The van der Waals surface area contributed by atoms with Crippen molar-refractivity contribution < 1.29 is 22.6 Å². The number of nitriles is 1. The van der Waals surface area contributed by atoms with E-state index in [9.17, 15) is 13.2 Å². The number of benzene rings is 2. The van der Waals surface area contributed by atoms with Gasteiger partial charge in [0.15, 0.2) is 0 Å². The average molecular weight is 293 g/mol. The van der Waals surface area contributed by atoms with Crippen molar-refractivity contribution in [1.82, 2.24) is 0 Å². The molecular formula is C15H10F3NO2. The third kappa shape index (κ3) is 3.45. The zero-order valence-corrected chi connectivity index (χ0v) is 10.9. The first-order valence-electron chi connectivity index (χ1n) is 5.87. The van der Waals surface area contributed by atoms with Gasteiger partial charge in [0, 0.05) is 6.07 Å². The van der Waals surface area contributed by atoms with Crippen LogP contribution < -0.4 is 9.47 Å². The molecule has 0 N–H and O–H groups in total. The zero-order chi connectivity index (χ0) is 15.5. The minimum Gasteiger partial charge on any atom is -0.497 e. The molecule has 21 heavy (non-hydrogen) atoms. The zero-order valence-electron chi connectivity index (χ0n) is 10.9. The lowest BCUT2D eigenvalue weighted by Crippen LogP contribution is -2.04. The predicted octanol–water partition coefficient (Wildman–Crippen LogP) is 4.38. The number of halogens is 3. The van der Waals surface area contributed by atoms with Gasteiger partial charge in [0.1, 0.15) is 23.3 Å². The Morgan fingerprint density at radius 1 is 1.00 bits per heavy atom. The molecule has 0 saturated heterocycles. The van der Waals surface area contributed by atoms with Gasteiger partial charge in [-0.15, -0.1) is 0 Å². The highest BCUT2D eigenvalue weighted by atomic mass is 19.4. The smallest absolute Gasteiger partial charge is 0.416 e. The molecule has 0 aliphatic carbocycles. The van der Waals surface area contributed by atoms with Crippen LogP contribution in [0.5, 0.6) is 17.2 Å². The first-order valence-corrected chi connectivity index (χ1v) is 5.87. The van der Waals surface area contributed by atoms with E-state index < -0.39 is 11.7 Å². The van der Waals surface area contributed by atoms with E-state index in [0.29, 0.717) is 5.75 Å². The molecule has 0 atom stereocenters. The van der Waals surface area contributed by atoms with Crippen LogP contribution in [0.1, 0.15) is 11.1 Å². The number of alkyl halides is 3. The van der Waals surface area contributed by atoms with Gasteiger partial charge in [0.25, 0.3) is 0 Å². The molecule has 0 aromatic heterocycles. The van der Waals surface area contributed by atoms with Crippen molar-refractivity contribution in [2.24, 2.45) is 0 Å². The van der Waals surface area contributed by atoms with Crippen molar-refractivity contribution in [3.8, 4) is 23.3 Å². The molecular weight excluding hydrogens is 283 g/mol. The fourth-order valence-corrected chi connectivity index (χ4v) is 1.65. The highest BCUT2D eigenvalue weighted by Gasteiger charge is 2.30. The largest absolute Gasteiger partial charge is 0.497 e. The van der Waals surface area contributed by atoms with Crippen molar-refractivity contribution in [3.63, 3.8) is 0 Å². The Morgan fingerprint density at radius 3 is 2.14 bits per heavy atom. The average Bonchev–Trinajstić information content (AvgIpc) is 2.46. The Hall–Kier alpha value is -2.68. The standard InChI is InChI=1S/C15H10F3NO2/c1-20-13-5-2-10(9-19)14(8-13)21-12-6-3-11(4-7-12)15(16,17)18/h2-8H,1H3. The number of methoxy groups -OCH3 is 1. The van der Waals surface area contributed by atoms with Gasteiger partial charge in [0.05, 0.1) is 18.2 Å².